The molecule has 2 rings (SSSR count). The number of hydrogen-bond donors (Lipinski definition) is 2. The average molecular weight is 304 g/mol. The molecule has 0 aliphatic rings. The summed E-state index contributed by atoms with van der Waals surface area (Å²) < 4.78 is 5.34. The summed E-state index contributed by atoms with van der Waals surface area (Å²) in [6.45, 7) is 4.69. The van der Waals surface area contributed by atoms with Gasteiger partial charge in [0, 0.05) is 50.8 Å². The summed E-state index contributed by atoms with van der Waals surface area (Å²) in [5.41, 5.74) is 1.98. The van der Waals surface area contributed by atoms with Gasteiger partial charge in [-0.25, -0.2) is 4.98 Å². The molecule has 22 heavy (non-hydrogen) atoms. The lowest BCUT2D eigenvalue weighted by Crippen LogP contribution is -2.22. The van der Waals surface area contributed by atoms with Gasteiger partial charge in [0.1, 0.15) is 11.6 Å². The SMILES string of the molecule is Cc1nc(N(C)C)nc(NCC(CO)Cc2ccco2)c1C. The van der Waals surface area contributed by atoms with E-state index in [1.54, 1.807) is 6.26 Å². The summed E-state index contributed by atoms with van der Waals surface area (Å²) in [6.07, 6.45) is 2.35. The fourth-order valence-corrected chi connectivity index (χ4v) is 2.14. The molecule has 0 radical (unpaired) electrons. The Balaban J connectivity index is 2.06. The van der Waals surface area contributed by atoms with E-state index in [0.29, 0.717) is 18.9 Å². The quantitative estimate of drug-likeness (QED) is 0.815. The third kappa shape index (κ3) is 3.98. The first-order valence-electron chi connectivity index (χ1n) is 7.41. The number of rotatable bonds is 7. The maximum absolute atomic E-state index is 9.55. The normalized spacial score (nSPS) is 12.2. The number of hydrogen-bond acceptors (Lipinski definition) is 6. The van der Waals surface area contributed by atoms with E-state index in [-0.39, 0.29) is 12.5 Å². The van der Waals surface area contributed by atoms with E-state index in [9.17, 15) is 5.11 Å². The van der Waals surface area contributed by atoms with E-state index in [1.807, 2.05) is 45.0 Å². The van der Waals surface area contributed by atoms with Crippen LogP contribution in [0.2, 0.25) is 0 Å². The number of aliphatic hydroxyl groups is 1. The molecule has 6 nitrogen and oxygen atoms in total. The van der Waals surface area contributed by atoms with Gasteiger partial charge in [-0.05, 0) is 26.0 Å². The highest BCUT2D eigenvalue weighted by molar-refractivity contribution is 5.50. The topological polar surface area (TPSA) is 74.4 Å². The number of aryl methyl sites for hydroxylation is 1. The standard InChI is InChI=1S/C16H24N4O2/c1-11-12(2)18-16(20(3)4)19-15(11)17-9-13(10-21)8-14-6-5-7-22-14/h5-7,13,21H,8-10H2,1-4H3,(H,17,18,19). The van der Waals surface area contributed by atoms with Gasteiger partial charge in [0.25, 0.3) is 0 Å². The van der Waals surface area contributed by atoms with Crippen LogP contribution in [0.25, 0.3) is 0 Å². The van der Waals surface area contributed by atoms with Crippen molar-refractivity contribution in [1.29, 1.82) is 0 Å². The molecule has 120 valence electrons. The number of aliphatic hydroxyl groups excluding tert-OH is 1. The van der Waals surface area contributed by atoms with Gasteiger partial charge in [0.15, 0.2) is 0 Å². The maximum Gasteiger partial charge on any atom is 0.227 e. The fraction of sp³-hybridized carbons (Fsp3) is 0.500. The van der Waals surface area contributed by atoms with Crippen LogP contribution < -0.4 is 10.2 Å². The van der Waals surface area contributed by atoms with Gasteiger partial charge < -0.3 is 19.7 Å². The molecule has 0 aromatic carbocycles. The lowest BCUT2D eigenvalue weighted by Gasteiger charge is -2.18. The molecule has 0 fully saturated rings. The lowest BCUT2D eigenvalue weighted by atomic mass is 10.1. The van der Waals surface area contributed by atoms with Crippen molar-refractivity contribution in [2.75, 3.05) is 37.5 Å². The summed E-state index contributed by atoms with van der Waals surface area (Å²) in [4.78, 5) is 10.9. The number of nitrogens with zero attached hydrogens (tertiary/aromatic N) is 3. The number of furan rings is 1. The first-order chi connectivity index (χ1) is 10.5. The van der Waals surface area contributed by atoms with Crippen LogP contribution in [-0.4, -0.2) is 42.3 Å². The molecule has 2 aromatic rings. The van der Waals surface area contributed by atoms with Crippen molar-refractivity contribution in [1.82, 2.24) is 9.97 Å². The molecule has 2 N–H and O–H groups in total. The molecule has 0 saturated carbocycles. The van der Waals surface area contributed by atoms with Gasteiger partial charge >= 0.3 is 0 Å². The smallest absolute Gasteiger partial charge is 0.227 e. The molecule has 1 atom stereocenters. The predicted molar refractivity (Wildman–Crippen MR) is 87.3 cm³/mol. The Kier molecular flexibility index (Phi) is 5.38. The van der Waals surface area contributed by atoms with E-state index < -0.39 is 0 Å². The van der Waals surface area contributed by atoms with Gasteiger partial charge in [0.2, 0.25) is 5.95 Å². The number of nitrogens with one attached hydrogen (secondary N) is 1. The van der Waals surface area contributed by atoms with E-state index in [0.717, 1.165) is 22.8 Å². The second-order valence-electron chi connectivity index (χ2n) is 5.69. The molecule has 0 bridgehead atoms. The van der Waals surface area contributed by atoms with E-state index in [1.165, 1.54) is 0 Å². The van der Waals surface area contributed by atoms with Crippen LogP contribution in [0.1, 0.15) is 17.0 Å². The van der Waals surface area contributed by atoms with Crippen molar-refractivity contribution >= 4 is 11.8 Å². The zero-order chi connectivity index (χ0) is 16.1. The summed E-state index contributed by atoms with van der Waals surface area (Å²) in [6, 6.07) is 3.78. The van der Waals surface area contributed by atoms with Crippen LogP contribution in [-0.2, 0) is 6.42 Å². The number of anilines is 2. The Bertz CT molecular complexity index is 596. The highest BCUT2D eigenvalue weighted by atomic mass is 16.3. The first kappa shape index (κ1) is 16.3. The molecular formula is C16H24N4O2. The van der Waals surface area contributed by atoms with Gasteiger partial charge in [-0.15, -0.1) is 0 Å². The third-order valence-corrected chi connectivity index (χ3v) is 3.66. The van der Waals surface area contributed by atoms with Crippen LogP contribution in [0.5, 0.6) is 0 Å². The summed E-state index contributed by atoms with van der Waals surface area (Å²) in [5, 5.41) is 12.9. The van der Waals surface area contributed by atoms with Gasteiger partial charge in [0.05, 0.1) is 6.26 Å². The molecule has 2 aromatic heterocycles. The molecule has 6 heteroatoms. The zero-order valence-electron chi connectivity index (χ0n) is 13.6. The van der Waals surface area contributed by atoms with Gasteiger partial charge in [-0.3, -0.25) is 0 Å². The minimum atomic E-state index is 0.0728. The van der Waals surface area contributed by atoms with E-state index in [2.05, 4.69) is 15.3 Å². The third-order valence-electron chi connectivity index (χ3n) is 3.66. The van der Waals surface area contributed by atoms with Crippen LogP contribution in [0, 0.1) is 19.8 Å². The van der Waals surface area contributed by atoms with Crippen molar-refractivity contribution < 1.29 is 9.52 Å². The average Bonchev–Trinajstić information content (AvgIpc) is 2.99. The Hall–Kier alpha value is -2.08. The summed E-state index contributed by atoms with van der Waals surface area (Å²) in [5.74, 6) is 2.44. The van der Waals surface area contributed by atoms with Crippen LogP contribution >= 0.6 is 0 Å². The molecule has 0 spiro atoms. The molecule has 0 amide bonds. The predicted octanol–water partition coefficient (Wildman–Crippen LogP) is 2.02. The summed E-state index contributed by atoms with van der Waals surface area (Å²) >= 11 is 0. The van der Waals surface area contributed by atoms with Crippen molar-refractivity contribution in [3.05, 3.63) is 35.4 Å². The van der Waals surface area contributed by atoms with Crippen molar-refractivity contribution in [2.24, 2.45) is 5.92 Å². The molecular weight excluding hydrogens is 280 g/mol. The second-order valence-corrected chi connectivity index (χ2v) is 5.69. The highest BCUT2D eigenvalue weighted by Crippen LogP contribution is 2.19. The Morgan fingerprint density at radius 3 is 2.68 bits per heavy atom. The van der Waals surface area contributed by atoms with Crippen molar-refractivity contribution in [3.63, 3.8) is 0 Å². The highest BCUT2D eigenvalue weighted by Gasteiger charge is 2.13. The van der Waals surface area contributed by atoms with Crippen LogP contribution in [0.4, 0.5) is 11.8 Å². The van der Waals surface area contributed by atoms with E-state index in [4.69, 9.17) is 4.42 Å². The molecule has 0 aliphatic carbocycles. The minimum absolute atomic E-state index is 0.0728. The molecule has 0 saturated heterocycles. The zero-order valence-corrected chi connectivity index (χ0v) is 13.6. The Labute approximate surface area is 131 Å². The van der Waals surface area contributed by atoms with Gasteiger partial charge in [-0.2, -0.15) is 4.98 Å². The monoisotopic (exact) mass is 304 g/mol. The summed E-state index contributed by atoms with van der Waals surface area (Å²) in [7, 11) is 3.84. The maximum atomic E-state index is 9.55. The van der Waals surface area contributed by atoms with Crippen molar-refractivity contribution in [3.8, 4) is 0 Å². The molecule has 1 unspecified atom stereocenters. The lowest BCUT2D eigenvalue weighted by molar-refractivity contribution is 0.226. The van der Waals surface area contributed by atoms with Crippen molar-refractivity contribution in [2.45, 2.75) is 20.3 Å². The Morgan fingerprint density at radius 1 is 1.32 bits per heavy atom. The second kappa shape index (κ2) is 7.26. The fourth-order valence-electron chi connectivity index (χ4n) is 2.14. The minimum Gasteiger partial charge on any atom is -0.469 e. The molecule has 2 heterocycles. The molecule has 0 aliphatic heterocycles. The first-order valence-corrected chi connectivity index (χ1v) is 7.41. The van der Waals surface area contributed by atoms with Gasteiger partial charge in [-0.1, -0.05) is 0 Å². The number of aromatic nitrogens is 2. The Morgan fingerprint density at radius 2 is 2.09 bits per heavy atom. The van der Waals surface area contributed by atoms with E-state index >= 15 is 0 Å². The van der Waals surface area contributed by atoms with Crippen LogP contribution in [0.3, 0.4) is 0 Å². The largest absolute Gasteiger partial charge is 0.469 e. The van der Waals surface area contributed by atoms with Crippen LogP contribution in [0.15, 0.2) is 22.8 Å².